The van der Waals surface area contributed by atoms with Crippen LogP contribution < -0.4 is 5.32 Å². The summed E-state index contributed by atoms with van der Waals surface area (Å²) >= 11 is 0. The molecule has 0 aliphatic rings. The molecule has 0 unspecified atom stereocenters. The van der Waals surface area contributed by atoms with E-state index in [0.717, 1.165) is 6.42 Å². The number of carbonyl (C=O) groups is 1. The highest BCUT2D eigenvalue weighted by Crippen LogP contribution is 2.26. The van der Waals surface area contributed by atoms with Crippen LogP contribution in [0.1, 0.15) is 48.0 Å². The molecular weight excluding hydrogens is 178 g/mol. The van der Waals surface area contributed by atoms with Gasteiger partial charge in [-0.05, 0) is 32.6 Å². The van der Waals surface area contributed by atoms with Gasteiger partial charge in [0.25, 0.3) is 0 Å². The summed E-state index contributed by atoms with van der Waals surface area (Å²) in [5, 5.41) is 11.9. The first-order valence-corrected chi connectivity index (χ1v) is 5.04. The van der Waals surface area contributed by atoms with Crippen molar-refractivity contribution in [2.45, 2.75) is 59.6 Å². The first-order valence-electron chi connectivity index (χ1n) is 5.04. The molecule has 2 N–H and O–H groups in total. The molecule has 0 heterocycles. The van der Waals surface area contributed by atoms with Crippen LogP contribution in [0.5, 0.6) is 0 Å². The minimum absolute atomic E-state index is 0.162. The normalized spacial score (nSPS) is 15.1. The van der Waals surface area contributed by atoms with Crippen molar-refractivity contribution in [3.8, 4) is 0 Å². The van der Waals surface area contributed by atoms with Gasteiger partial charge in [0.2, 0.25) is 5.91 Å². The highest BCUT2D eigenvalue weighted by atomic mass is 16.3. The van der Waals surface area contributed by atoms with Gasteiger partial charge in [0.1, 0.15) is 6.10 Å². The van der Waals surface area contributed by atoms with Crippen molar-refractivity contribution >= 4 is 5.91 Å². The van der Waals surface area contributed by atoms with E-state index >= 15 is 0 Å². The van der Waals surface area contributed by atoms with Crippen molar-refractivity contribution in [2.75, 3.05) is 0 Å². The van der Waals surface area contributed by atoms with Gasteiger partial charge in [0.05, 0.1) is 0 Å². The van der Waals surface area contributed by atoms with E-state index < -0.39 is 6.10 Å². The van der Waals surface area contributed by atoms with Crippen molar-refractivity contribution in [2.24, 2.45) is 5.41 Å². The Labute approximate surface area is 86.9 Å². The Morgan fingerprint density at radius 3 is 2.00 bits per heavy atom. The summed E-state index contributed by atoms with van der Waals surface area (Å²) in [5.74, 6) is -0.306. The van der Waals surface area contributed by atoms with Crippen LogP contribution in [0.25, 0.3) is 0 Å². The molecule has 0 rings (SSSR count). The Morgan fingerprint density at radius 1 is 1.29 bits per heavy atom. The average Bonchev–Trinajstić information content (AvgIpc) is 1.78. The van der Waals surface area contributed by atoms with E-state index in [1.807, 2.05) is 13.8 Å². The van der Waals surface area contributed by atoms with Gasteiger partial charge in [-0.15, -0.1) is 0 Å². The Kier molecular flexibility index (Phi) is 4.13. The molecule has 3 heteroatoms. The molecule has 0 aliphatic heterocycles. The van der Waals surface area contributed by atoms with Crippen LogP contribution in [0.3, 0.4) is 0 Å². The average molecular weight is 201 g/mol. The maximum Gasteiger partial charge on any atom is 0.248 e. The second kappa shape index (κ2) is 4.30. The molecule has 0 saturated heterocycles. The van der Waals surface area contributed by atoms with Crippen molar-refractivity contribution in [1.82, 2.24) is 5.32 Å². The maximum atomic E-state index is 11.3. The number of aliphatic hydroxyl groups is 1. The van der Waals surface area contributed by atoms with Crippen molar-refractivity contribution < 1.29 is 9.90 Å². The summed E-state index contributed by atoms with van der Waals surface area (Å²) < 4.78 is 0. The second-order valence-electron chi connectivity index (χ2n) is 5.79. The second-order valence-corrected chi connectivity index (χ2v) is 5.79. The first-order chi connectivity index (χ1) is 6.03. The number of carbonyl (C=O) groups excluding carboxylic acids is 1. The van der Waals surface area contributed by atoms with Gasteiger partial charge in [-0.25, -0.2) is 0 Å². The quantitative estimate of drug-likeness (QED) is 0.730. The van der Waals surface area contributed by atoms with E-state index in [-0.39, 0.29) is 16.9 Å². The predicted octanol–water partition coefficient (Wildman–Crippen LogP) is 1.70. The molecule has 0 fully saturated rings. The van der Waals surface area contributed by atoms with Gasteiger partial charge in [0.15, 0.2) is 0 Å². The third-order valence-electron chi connectivity index (χ3n) is 1.81. The van der Waals surface area contributed by atoms with E-state index in [4.69, 9.17) is 5.11 Å². The minimum Gasteiger partial charge on any atom is -0.384 e. The number of amides is 1. The van der Waals surface area contributed by atoms with E-state index in [0.29, 0.717) is 0 Å². The van der Waals surface area contributed by atoms with Crippen LogP contribution in [0.15, 0.2) is 0 Å². The molecule has 1 amide bonds. The van der Waals surface area contributed by atoms with Gasteiger partial charge in [-0.1, -0.05) is 20.8 Å². The number of hydrogen-bond acceptors (Lipinski definition) is 2. The summed E-state index contributed by atoms with van der Waals surface area (Å²) in [6.45, 7) is 11.8. The van der Waals surface area contributed by atoms with E-state index in [1.165, 1.54) is 6.92 Å². The third-order valence-corrected chi connectivity index (χ3v) is 1.81. The number of aliphatic hydroxyl groups excluding tert-OH is 1. The highest BCUT2D eigenvalue weighted by molar-refractivity contribution is 5.80. The highest BCUT2D eigenvalue weighted by Gasteiger charge is 2.27. The molecular formula is C11H23NO2. The molecule has 0 bridgehead atoms. The maximum absolute atomic E-state index is 11.3. The SMILES string of the molecule is C[C@H](O)C(=O)NC(C)(C)CC(C)(C)C. The molecule has 0 aromatic heterocycles. The Morgan fingerprint density at radius 2 is 1.71 bits per heavy atom. The van der Waals surface area contributed by atoms with Crippen molar-refractivity contribution in [3.63, 3.8) is 0 Å². The lowest BCUT2D eigenvalue weighted by molar-refractivity contribution is -0.130. The van der Waals surface area contributed by atoms with Crippen molar-refractivity contribution in [3.05, 3.63) is 0 Å². The molecule has 0 aliphatic carbocycles. The Hall–Kier alpha value is -0.570. The third kappa shape index (κ3) is 5.97. The van der Waals surface area contributed by atoms with Crippen LogP contribution in [0.2, 0.25) is 0 Å². The molecule has 1 atom stereocenters. The largest absolute Gasteiger partial charge is 0.384 e. The number of rotatable bonds is 3. The van der Waals surface area contributed by atoms with E-state index in [2.05, 4.69) is 26.1 Å². The van der Waals surface area contributed by atoms with Gasteiger partial charge in [-0.2, -0.15) is 0 Å². The van der Waals surface area contributed by atoms with Crippen LogP contribution in [0, 0.1) is 5.41 Å². The van der Waals surface area contributed by atoms with Gasteiger partial charge in [-0.3, -0.25) is 4.79 Å². The molecule has 3 nitrogen and oxygen atoms in total. The lowest BCUT2D eigenvalue weighted by Crippen LogP contribution is -2.48. The molecule has 0 radical (unpaired) electrons. The standard InChI is InChI=1S/C11H23NO2/c1-8(13)9(14)12-11(5,6)7-10(2,3)4/h8,13H,7H2,1-6H3,(H,12,14)/t8-/m0/s1. The van der Waals surface area contributed by atoms with Crippen molar-refractivity contribution in [1.29, 1.82) is 0 Å². The fraction of sp³-hybridized carbons (Fsp3) is 0.909. The zero-order chi connectivity index (χ0) is 11.6. The van der Waals surface area contributed by atoms with E-state index in [9.17, 15) is 4.79 Å². The summed E-state index contributed by atoms with van der Waals surface area (Å²) in [5.41, 5.74) is -0.109. The van der Waals surface area contributed by atoms with Crippen LogP contribution in [0.4, 0.5) is 0 Å². The molecule has 0 saturated carbocycles. The Balaban J connectivity index is 4.28. The molecule has 0 spiro atoms. The molecule has 14 heavy (non-hydrogen) atoms. The molecule has 84 valence electrons. The summed E-state index contributed by atoms with van der Waals surface area (Å²) in [7, 11) is 0. The lowest BCUT2D eigenvalue weighted by atomic mass is 9.82. The number of hydrogen-bond donors (Lipinski definition) is 2. The fourth-order valence-corrected chi connectivity index (χ4v) is 1.81. The zero-order valence-electron chi connectivity index (χ0n) is 10.1. The summed E-state index contributed by atoms with van der Waals surface area (Å²) in [6, 6.07) is 0. The van der Waals surface area contributed by atoms with Gasteiger partial charge < -0.3 is 10.4 Å². The monoisotopic (exact) mass is 201 g/mol. The Bertz CT molecular complexity index is 202. The molecule has 0 aromatic carbocycles. The fourth-order valence-electron chi connectivity index (χ4n) is 1.81. The number of nitrogens with one attached hydrogen (secondary N) is 1. The zero-order valence-corrected chi connectivity index (χ0v) is 10.1. The van der Waals surface area contributed by atoms with Crippen LogP contribution in [-0.4, -0.2) is 22.7 Å². The van der Waals surface area contributed by atoms with Gasteiger partial charge in [0, 0.05) is 5.54 Å². The lowest BCUT2D eigenvalue weighted by Gasteiger charge is -2.33. The first kappa shape index (κ1) is 13.4. The van der Waals surface area contributed by atoms with Crippen LogP contribution >= 0.6 is 0 Å². The van der Waals surface area contributed by atoms with Gasteiger partial charge >= 0.3 is 0 Å². The molecule has 0 aromatic rings. The summed E-state index contributed by atoms with van der Waals surface area (Å²) in [6.07, 6.45) is -0.0624. The van der Waals surface area contributed by atoms with E-state index in [1.54, 1.807) is 0 Å². The van der Waals surface area contributed by atoms with Crippen LogP contribution in [-0.2, 0) is 4.79 Å². The topological polar surface area (TPSA) is 49.3 Å². The summed E-state index contributed by atoms with van der Waals surface area (Å²) in [4.78, 5) is 11.3. The minimum atomic E-state index is -0.936. The smallest absolute Gasteiger partial charge is 0.248 e. The predicted molar refractivity (Wildman–Crippen MR) is 58.0 cm³/mol.